The summed E-state index contributed by atoms with van der Waals surface area (Å²) in [7, 11) is 0. The lowest BCUT2D eigenvalue weighted by atomic mass is 10.0. The number of anilines is 1. The number of nitrogens with two attached hydrogens (primary N) is 1. The molecule has 31 heavy (non-hydrogen) atoms. The summed E-state index contributed by atoms with van der Waals surface area (Å²) in [6, 6.07) is 4.80. The van der Waals surface area contributed by atoms with Crippen LogP contribution >= 0.6 is 0 Å². The van der Waals surface area contributed by atoms with Gasteiger partial charge in [-0.15, -0.1) is 0 Å². The van der Waals surface area contributed by atoms with Crippen LogP contribution in [0, 0.1) is 5.92 Å². The first-order valence-electron chi connectivity index (χ1n) is 10.0. The minimum atomic E-state index is -1.28. The Balaban J connectivity index is 1.72. The molecule has 11 nitrogen and oxygen atoms in total. The highest BCUT2D eigenvalue weighted by molar-refractivity contribution is 5.97. The zero-order chi connectivity index (χ0) is 22.7. The Morgan fingerprint density at radius 1 is 1.16 bits per heavy atom. The third kappa shape index (κ3) is 4.76. The quantitative estimate of drug-likeness (QED) is 0.475. The maximum atomic E-state index is 12.9. The number of carboxylic acids is 1. The fraction of sp³-hybridized carbons (Fsp3) is 0.450. The number of imidazole rings is 1. The minimum Gasteiger partial charge on any atom is -0.480 e. The number of benzene rings is 1. The number of nitrogens with one attached hydrogen (secondary N) is 2. The number of amides is 4. The predicted octanol–water partition coefficient (Wildman–Crippen LogP) is 0.425. The van der Waals surface area contributed by atoms with Gasteiger partial charge in [-0.25, -0.2) is 14.6 Å². The van der Waals surface area contributed by atoms with Gasteiger partial charge < -0.3 is 26.0 Å². The summed E-state index contributed by atoms with van der Waals surface area (Å²) >= 11 is 0. The van der Waals surface area contributed by atoms with Crippen molar-refractivity contribution >= 4 is 40.8 Å². The number of rotatable bonds is 8. The van der Waals surface area contributed by atoms with Crippen molar-refractivity contribution in [3.05, 3.63) is 24.3 Å². The molecule has 0 unspecified atom stereocenters. The van der Waals surface area contributed by atoms with Crippen molar-refractivity contribution in [2.45, 2.75) is 45.3 Å². The van der Waals surface area contributed by atoms with Gasteiger partial charge >= 0.3 is 12.0 Å². The van der Waals surface area contributed by atoms with Gasteiger partial charge in [0.2, 0.25) is 17.8 Å². The van der Waals surface area contributed by atoms with E-state index in [1.807, 2.05) is 28.8 Å². The van der Waals surface area contributed by atoms with E-state index in [1.54, 1.807) is 13.8 Å². The summed E-state index contributed by atoms with van der Waals surface area (Å²) in [5.41, 5.74) is 6.76. The molecular weight excluding hydrogens is 404 g/mol. The molecule has 0 bridgehead atoms. The molecule has 0 aliphatic carbocycles. The average Bonchev–Trinajstić information content (AvgIpc) is 3.27. The molecule has 0 fully saturated rings. The number of para-hydroxylation sites is 2. The highest BCUT2D eigenvalue weighted by Crippen LogP contribution is 2.27. The molecule has 1 aliphatic heterocycles. The number of primary amides is 1. The van der Waals surface area contributed by atoms with Crippen LogP contribution in [0.15, 0.2) is 24.3 Å². The van der Waals surface area contributed by atoms with Gasteiger partial charge in [0.15, 0.2) is 0 Å². The Hall–Kier alpha value is -3.63. The number of carboxylic acid groups (broad SMARTS) is 1. The number of carbonyl (C=O) groups excluding carboxylic acids is 3. The zero-order valence-electron chi connectivity index (χ0n) is 17.4. The molecule has 2 heterocycles. The van der Waals surface area contributed by atoms with Gasteiger partial charge in [-0.3, -0.25) is 14.5 Å². The second-order valence-electron chi connectivity index (χ2n) is 7.78. The lowest BCUT2D eigenvalue weighted by molar-refractivity contribution is -0.142. The van der Waals surface area contributed by atoms with Crippen LogP contribution < -0.4 is 21.3 Å². The summed E-state index contributed by atoms with van der Waals surface area (Å²) in [4.78, 5) is 54.0. The van der Waals surface area contributed by atoms with Gasteiger partial charge in [0.05, 0.1) is 11.0 Å². The van der Waals surface area contributed by atoms with Crippen molar-refractivity contribution in [1.29, 1.82) is 0 Å². The van der Waals surface area contributed by atoms with Crippen molar-refractivity contribution < 1.29 is 24.3 Å². The first kappa shape index (κ1) is 22.1. The van der Waals surface area contributed by atoms with Gasteiger partial charge in [0.1, 0.15) is 12.1 Å². The third-order valence-electron chi connectivity index (χ3n) is 5.19. The molecule has 0 saturated carbocycles. The van der Waals surface area contributed by atoms with Gasteiger partial charge in [0, 0.05) is 19.5 Å². The van der Waals surface area contributed by atoms with Gasteiger partial charge in [0.25, 0.3) is 0 Å². The number of hydrogen-bond acceptors (Lipinski definition) is 5. The topological polar surface area (TPSA) is 160 Å². The monoisotopic (exact) mass is 430 g/mol. The van der Waals surface area contributed by atoms with Crippen molar-refractivity contribution in [2.75, 3.05) is 11.4 Å². The lowest BCUT2D eigenvalue weighted by Crippen LogP contribution is -2.56. The van der Waals surface area contributed by atoms with Crippen molar-refractivity contribution in [2.24, 2.45) is 11.7 Å². The SMILES string of the molecule is CC(C)[C@H](NC(=O)N1CCn2c1nc1ccccc12)C(=O)N[C@@H](CCC(N)=O)C(=O)O. The van der Waals surface area contributed by atoms with E-state index in [1.165, 1.54) is 4.90 Å². The van der Waals surface area contributed by atoms with E-state index >= 15 is 0 Å². The molecule has 0 saturated heterocycles. The third-order valence-corrected chi connectivity index (χ3v) is 5.19. The van der Waals surface area contributed by atoms with E-state index in [0.29, 0.717) is 19.0 Å². The standard InChI is InChI=1S/C20H26N6O5/c1-11(2)16(17(28)22-13(18(29)30)7-8-15(21)27)24-20(31)26-10-9-25-14-6-4-3-5-12(14)23-19(25)26/h3-6,11,13,16H,7-10H2,1-2H3,(H2,21,27)(H,22,28)(H,24,31)(H,29,30)/t13-,16-/m0/s1. The van der Waals surface area contributed by atoms with Crippen LogP contribution in [0.4, 0.5) is 10.7 Å². The van der Waals surface area contributed by atoms with E-state index in [9.17, 15) is 24.3 Å². The summed E-state index contributed by atoms with van der Waals surface area (Å²) in [5.74, 6) is -2.40. The number of nitrogens with zero attached hydrogens (tertiary/aromatic N) is 3. The Labute approximate surface area is 178 Å². The number of carbonyl (C=O) groups is 4. The van der Waals surface area contributed by atoms with E-state index < -0.39 is 35.9 Å². The van der Waals surface area contributed by atoms with Gasteiger partial charge in [-0.05, 0) is 24.5 Å². The molecule has 0 spiro atoms. The first-order valence-corrected chi connectivity index (χ1v) is 10.0. The maximum Gasteiger partial charge on any atom is 0.326 e. The summed E-state index contributed by atoms with van der Waals surface area (Å²) < 4.78 is 1.93. The zero-order valence-corrected chi connectivity index (χ0v) is 17.4. The summed E-state index contributed by atoms with van der Waals surface area (Å²) in [6.45, 7) is 4.46. The normalized spacial score (nSPS) is 14.9. The molecule has 1 aromatic heterocycles. The Morgan fingerprint density at radius 2 is 1.87 bits per heavy atom. The van der Waals surface area contributed by atoms with Crippen LogP contribution in [-0.4, -0.2) is 57.1 Å². The molecule has 4 amide bonds. The highest BCUT2D eigenvalue weighted by Gasteiger charge is 2.33. The molecule has 1 aliphatic rings. The largest absolute Gasteiger partial charge is 0.480 e. The van der Waals surface area contributed by atoms with Crippen molar-refractivity contribution in [3.8, 4) is 0 Å². The number of hydrogen-bond donors (Lipinski definition) is 4. The van der Waals surface area contributed by atoms with Crippen LogP contribution in [0.5, 0.6) is 0 Å². The fourth-order valence-corrected chi connectivity index (χ4v) is 3.53. The molecule has 0 radical (unpaired) electrons. The Kier molecular flexibility index (Phi) is 6.42. The molecule has 1 aromatic carbocycles. The van der Waals surface area contributed by atoms with Crippen LogP contribution in [0.2, 0.25) is 0 Å². The lowest BCUT2D eigenvalue weighted by Gasteiger charge is -2.26. The van der Waals surface area contributed by atoms with Crippen molar-refractivity contribution in [1.82, 2.24) is 20.2 Å². The summed E-state index contributed by atoms with van der Waals surface area (Å²) in [6.07, 6.45) is -0.314. The number of aromatic nitrogens is 2. The average molecular weight is 430 g/mol. The molecule has 166 valence electrons. The first-order chi connectivity index (χ1) is 14.7. The van der Waals surface area contributed by atoms with E-state index in [4.69, 9.17) is 5.73 Å². The fourth-order valence-electron chi connectivity index (χ4n) is 3.53. The van der Waals surface area contributed by atoms with Crippen LogP contribution in [0.25, 0.3) is 11.0 Å². The minimum absolute atomic E-state index is 0.134. The molecule has 3 rings (SSSR count). The van der Waals surface area contributed by atoms with Gasteiger partial charge in [-0.1, -0.05) is 26.0 Å². The Bertz CT molecular complexity index is 1020. The molecule has 2 atom stereocenters. The van der Waals surface area contributed by atoms with Crippen LogP contribution in [-0.2, 0) is 20.9 Å². The second-order valence-corrected chi connectivity index (χ2v) is 7.78. The summed E-state index contributed by atoms with van der Waals surface area (Å²) in [5, 5.41) is 14.4. The van der Waals surface area contributed by atoms with Gasteiger partial charge in [-0.2, -0.15) is 0 Å². The number of urea groups is 1. The Morgan fingerprint density at radius 3 is 2.52 bits per heavy atom. The molecular formula is C20H26N6O5. The van der Waals surface area contributed by atoms with E-state index in [0.717, 1.165) is 11.0 Å². The number of aliphatic carboxylic acids is 1. The predicted molar refractivity (Wildman–Crippen MR) is 112 cm³/mol. The van der Waals surface area contributed by atoms with E-state index in [-0.39, 0.29) is 18.8 Å². The maximum absolute atomic E-state index is 12.9. The van der Waals surface area contributed by atoms with E-state index in [2.05, 4.69) is 15.6 Å². The smallest absolute Gasteiger partial charge is 0.326 e. The highest BCUT2D eigenvalue weighted by atomic mass is 16.4. The van der Waals surface area contributed by atoms with Crippen LogP contribution in [0.1, 0.15) is 26.7 Å². The molecule has 5 N–H and O–H groups in total. The number of fused-ring (bicyclic) bond motifs is 3. The second kappa shape index (κ2) is 9.02. The molecule has 11 heteroatoms. The van der Waals surface area contributed by atoms with Crippen molar-refractivity contribution in [3.63, 3.8) is 0 Å². The molecule has 2 aromatic rings. The van der Waals surface area contributed by atoms with Crippen LogP contribution in [0.3, 0.4) is 0 Å².